The molecular formula is C32H40FN3O4S. The molecule has 1 N–H and O–H groups in total. The van der Waals surface area contributed by atoms with Gasteiger partial charge in [0, 0.05) is 12.6 Å². The van der Waals surface area contributed by atoms with Crippen molar-refractivity contribution in [3.8, 4) is 0 Å². The summed E-state index contributed by atoms with van der Waals surface area (Å²) in [6.07, 6.45) is 1.02. The fraction of sp³-hybridized carbons (Fsp3) is 0.375. The third-order valence-electron chi connectivity index (χ3n) is 7.16. The molecule has 3 rings (SSSR count). The molecule has 0 aliphatic rings. The highest BCUT2D eigenvalue weighted by Crippen LogP contribution is 2.28. The van der Waals surface area contributed by atoms with E-state index in [9.17, 15) is 22.4 Å². The molecule has 0 spiro atoms. The standard InChI is InChI=1S/C32H40FN3O4S/c1-7-25(6)34-32(38)29(8-2)35(20-26-12-14-27(33)15-13-26)31(37)21-36(30-18-11-23(4)19-24(30)5)41(39,40)28-16-9-22(3)10-17-28/h9-19,25,29H,7-8,20-21H2,1-6H3,(H,34,38)/t25-,29-/m0/s1. The lowest BCUT2D eigenvalue weighted by atomic mass is 10.1. The Morgan fingerprint density at radius 1 is 0.878 bits per heavy atom. The van der Waals surface area contributed by atoms with Crippen LogP contribution in [0.4, 0.5) is 10.1 Å². The lowest BCUT2D eigenvalue weighted by Crippen LogP contribution is -2.53. The minimum atomic E-state index is -4.15. The van der Waals surface area contributed by atoms with Crippen molar-refractivity contribution in [2.45, 2.75) is 77.9 Å². The number of nitrogens with one attached hydrogen (secondary N) is 1. The lowest BCUT2D eigenvalue weighted by Gasteiger charge is -2.34. The number of carbonyl (C=O) groups is 2. The average molecular weight is 582 g/mol. The van der Waals surface area contributed by atoms with E-state index in [1.165, 1.54) is 29.2 Å². The largest absolute Gasteiger partial charge is 0.352 e. The van der Waals surface area contributed by atoms with Gasteiger partial charge in [0.15, 0.2) is 0 Å². The summed E-state index contributed by atoms with van der Waals surface area (Å²) in [5.41, 5.74) is 3.55. The van der Waals surface area contributed by atoms with Crippen molar-refractivity contribution in [3.05, 3.63) is 94.8 Å². The van der Waals surface area contributed by atoms with Gasteiger partial charge in [0.25, 0.3) is 10.0 Å². The smallest absolute Gasteiger partial charge is 0.264 e. The first kappa shape index (κ1) is 31.8. The zero-order valence-corrected chi connectivity index (χ0v) is 25.5. The minimum Gasteiger partial charge on any atom is -0.352 e. The molecule has 0 radical (unpaired) electrons. The van der Waals surface area contributed by atoms with Crippen molar-refractivity contribution in [1.29, 1.82) is 0 Å². The number of carbonyl (C=O) groups excluding carboxylic acids is 2. The van der Waals surface area contributed by atoms with E-state index in [2.05, 4.69) is 5.32 Å². The Hall–Kier alpha value is -3.72. The van der Waals surface area contributed by atoms with Gasteiger partial charge in [-0.25, -0.2) is 12.8 Å². The Morgan fingerprint density at radius 2 is 1.49 bits per heavy atom. The molecule has 3 aromatic rings. The first-order chi connectivity index (χ1) is 19.4. The molecular weight excluding hydrogens is 541 g/mol. The van der Waals surface area contributed by atoms with Gasteiger partial charge in [0.05, 0.1) is 10.6 Å². The van der Waals surface area contributed by atoms with Crippen molar-refractivity contribution in [2.24, 2.45) is 0 Å². The summed E-state index contributed by atoms with van der Waals surface area (Å²) in [6.45, 7) is 10.7. The lowest BCUT2D eigenvalue weighted by molar-refractivity contribution is -0.140. The molecule has 0 unspecified atom stereocenters. The van der Waals surface area contributed by atoms with Gasteiger partial charge < -0.3 is 10.2 Å². The van der Waals surface area contributed by atoms with E-state index in [1.54, 1.807) is 50.2 Å². The van der Waals surface area contributed by atoms with Crippen LogP contribution in [-0.4, -0.2) is 43.8 Å². The monoisotopic (exact) mass is 581 g/mol. The van der Waals surface area contributed by atoms with Crippen molar-refractivity contribution in [3.63, 3.8) is 0 Å². The van der Waals surface area contributed by atoms with Crippen LogP contribution in [0.2, 0.25) is 0 Å². The number of halogens is 1. The first-order valence-electron chi connectivity index (χ1n) is 13.9. The van der Waals surface area contributed by atoms with Crippen molar-refractivity contribution in [1.82, 2.24) is 10.2 Å². The van der Waals surface area contributed by atoms with Gasteiger partial charge in [-0.1, -0.05) is 61.4 Å². The zero-order valence-electron chi connectivity index (χ0n) is 24.6. The summed E-state index contributed by atoms with van der Waals surface area (Å²) in [7, 11) is -4.15. The molecule has 0 fully saturated rings. The molecule has 3 aromatic carbocycles. The van der Waals surface area contributed by atoms with Gasteiger partial charge in [0.2, 0.25) is 11.8 Å². The third-order valence-corrected chi connectivity index (χ3v) is 8.94. The maximum Gasteiger partial charge on any atom is 0.264 e. The second kappa shape index (κ2) is 13.8. The van der Waals surface area contributed by atoms with E-state index in [4.69, 9.17) is 0 Å². The second-order valence-electron chi connectivity index (χ2n) is 10.5. The third kappa shape index (κ3) is 7.94. The summed E-state index contributed by atoms with van der Waals surface area (Å²) >= 11 is 0. The predicted octanol–water partition coefficient (Wildman–Crippen LogP) is 5.67. The summed E-state index contributed by atoms with van der Waals surface area (Å²) in [4.78, 5) is 28.9. The van der Waals surface area contributed by atoms with E-state index >= 15 is 0 Å². The Bertz CT molecular complexity index is 1460. The van der Waals surface area contributed by atoms with E-state index in [0.29, 0.717) is 29.7 Å². The molecule has 2 atom stereocenters. The van der Waals surface area contributed by atoms with Crippen LogP contribution in [0.1, 0.15) is 55.9 Å². The minimum absolute atomic E-state index is 0.0108. The summed E-state index contributed by atoms with van der Waals surface area (Å²) in [5, 5.41) is 2.95. The Morgan fingerprint density at radius 3 is 2.05 bits per heavy atom. The Kier molecular flexibility index (Phi) is 10.7. The predicted molar refractivity (Wildman–Crippen MR) is 161 cm³/mol. The Labute approximate surface area is 243 Å². The quantitative estimate of drug-likeness (QED) is 0.299. The summed E-state index contributed by atoms with van der Waals surface area (Å²) < 4.78 is 42.8. The normalized spacial score (nSPS) is 12.9. The molecule has 2 amide bonds. The van der Waals surface area contributed by atoms with Gasteiger partial charge in [-0.2, -0.15) is 0 Å². The van der Waals surface area contributed by atoms with E-state index in [1.807, 2.05) is 33.8 Å². The Balaban J connectivity index is 2.09. The van der Waals surface area contributed by atoms with E-state index in [0.717, 1.165) is 15.4 Å². The number of nitrogens with zero attached hydrogens (tertiary/aromatic N) is 2. The summed E-state index contributed by atoms with van der Waals surface area (Å²) in [6, 6.07) is 16.6. The number of sulfonamides is 1. The van der Waals surface area contributed by atoms with Crippen LogP contribution in [0.5, 0.6) is 0 Å². The molecule has 0 aliphatic carbocycles. The van der Waals surface area contributed by atoms with Gasteiger partial charge in [0.1, 0.15) is 18.4 Å². The van der Waals surface area contributed by atoms with Gasteiger partial charge >= 0.3 is 0 Å². The van der Waals surface area contributed by atoms with E-state index in [-0.39, 0.29) is 23.4 Å². The van der Waals surface area contributed by atoms with Crippen LogP contribution in [0.25, 0.3) is 0 Å². The molecule has 0 saturated heterocycles. The van der Waals surface area contributed by atoms with Crippen LogP contribution in [0, 0.1) is 26.6 Å². The molecule has 7 nitrogen and oxygen atoms in total. The van der Waals surface area contributed by atoms with Gasteiger partial charge in [-0.15, -0.1) is 0 Å². The molecule has 9 heteroatoms. The molecule has 0 bridgehead atoms. The molecule has 41 heavy (non-hydrogen) atoms. The van der Waals surface area contributed by atoms with Crippen LogP contribution in [-0.2, 0) is 26.2 Å². The second-order valence-corrected chi connectivity index (χ2v) is 12.4. The molecule has 0 saturated carbocycles. The SMILES string of the molecule is CC[C@H](C)NC(=O)[C@H](CC)N(Cc1ccc(F)cc1)C(=O)CN(c1ccc(C)cc1C)S(=O)(=O)c1ccc(C)cc1. The summed E-state index contributed by atoms with van der Waals surface area (Å²) in [5.74, 6) is -1.29. The van der Waals surface area contributed by atoms with Gasteiger partial charge in [-0.05, 0) is 82.0 Å². The number of hydrogen-bond acceptors (Lipinski definition) is 4. The van der Waals surface area contributed by atoms with Crippen LogP contribution < -0.4 is 9.62 Å². The number of benzene rings is 3. The molecule has 0 aromatic heterocycles. The van der Waals surface area contributed by atoms with Gasteiger partial charge in [-0.3, -0.25) is 13.9 Å². The van der Waals surface area contributed by atoms with E-state index < -0.39 is 34.3 Å². The van der Waals surface area contributed by atoms with Crippen LogP contribution in [0.15, 0.2) is 71.6 Å². The topological polar surface area (TPSA) is 86.8 Å². The number of rotatable bonds is 12. The average Bonchev–Trinajstić information content (AvgIpc) is 2.93. The fourth-order valence-electron chi connectivity index (χ4n) is 4.58. The zero-order chi connectivity index (χ0) is 30.3. The maximum absolute atomic E-state index is 14.1. The van der Waals surface area contributed by atoms with Crippen molar-refractivity contribution < 1.29 is 22.4 Å². The molecule has 0 heterocycles. The highest BCUT2D eigenvalue weighted by atomic mass is 32.2. The fourth-order valence-corrected chi connectivity index (χ4v) is 6.06. The molecule has 0 aliphatic heterocycles. The van der Waals surface area contributed by atoms with Crippen LogP contribution >= 0.6 is 0 Å². The highest BCUT2D eigenvalue weighted by molar-refractivity contribution is 7.92. The number of anilines is 1. The van der Waals surface area contributed by atoms with Crippen molar-refractivity contribution >= 4 is 27.5 Å². The molecule has 220 valence electrons. The number of hydrogen-bond donors (Lipinski definition) is 1. The number of aryl methyl sites for hydroxylation is 3. The maximum atomic E-state index is 14.1. The highest BCUT2D eigenvalue weighted by Gasteiger charge is 2.34. The van der Waals surface area contributed by atoms with Crippen molar-refractivity contribution in [2.75, 3.05) is 10.8 Å². The van der Waals surface area contributed by atoms with Crippen LogP contribution in [0.3, 0.4) is 0 Å². The number of amides is 2. The first-order valence-corrected chi connectivity index (χ1v) is 15.3.